The molecule has 1 heterocycles. The van der Waals surface area contributed by atoms with E-state index in [4.69, 9.17) is 13.9 Å². The van der Waals surface area contributed by atoms with Crippen molar-refractivity contribution in [2.75, 3.05) is 6.61 Å². The molecule has 0 bridgehead atoms. The summed E-state index contributed by atoms with van der Waals surface area (Å²) in [6, 6.07) is 6.12. The van der Waals surface area contributed by atoms with E-state index in [0.717, 1.165) is 16.9 Å². The molecule has 1 aromatic rings. The van der Waals surface area contributed by atoms with E-state index in [1.54, 1.807) is 0 Å². The smallest absolute Gasteiger partial charge is 0.313 e. The lowest BCUT2D eigenvalue weighted by Gasteiger charge is -2.39. The first-order chi connectivity index (χ1) is 11.6. The molecule has 5 heteroatoms. The molecule has 3 rings (SSSR count). The molecule has 4 nitrogen and oxygen atoms in total. The highest BCUT2D eigenvalue weighted by molar-refractivity contribution is 6.74. The Balaban J connectivity index is 1.84. The Morgan fingerprint density at radius 3 is 2.60 bits per heavy atom. The molecule has 1 saturated carbocycles. The van der Waals surface area contributed by atoms with Gasteiger partial charge in [-0.3, -0.25) is 4.79 Å². The first kappa shape index (κ1) is 18.5. The number of rotatable bonds is 5. The summed E-state index contributed by atoms with van der Waals surface area (Å²) in [4.78, 5) is 12.1. The van der Waals surface area contributed by atoms with Crippen LogP contribution in [0.4, 0.5) is 0 Å². The summed E-state index contributed by atoms with van der Waals surface area (Å²) in [7, 11) is -1.88. The lowest BCUT2D eigenvalue weighted by Crippen LogP contribution is -2.41. The highest BCUT2D eigenvalue weighted by atomic mass is 28.4. The quantitative estimate of drug-likeness (QED) is 0.557. The molecule has 1 aliphatic carbocycles. The van der Waals surface area contributed by atoms with Crippen molar-refractivity contribution in [1.29, 1.82) is 0 Å². The summed E-state index contributed by atoms with van der Waals surface area (Å²) >= 11 is 0. The molecule has 138 valence electrons. The summed E-state index contributed by atoms with van der Waals surface area (Å²) in [5, 5.41) is 0.158. The van der Waals surface area contributed by atoms with Crippen LogP contribution in [-0.2, 0) is 14.0 Å². The third kappa shape index (κ3) is 3.12. The SMILES string of the molecule is CCOC(=O)[C@H]1[C@@H]2Oc3cccc([C@@H](C)O[Si](C)(C)C(C)(C)C)c3[C@@H]21. The number of carbonyl (C=O) groups excluding carboxylic acids is 1. The Kier molecular flexibility index (Phi) is 4.53. The molecular formula is C20H30O4Si. The maximum absolute atomic E-state index is 12.1. The van der Waals surface area contributed by atoms with Crippen LogP contribution in [0.1, 0.15) is 57.8 Å². The second-order valence-corrected chi connectivity index (χ2v) is 13.4. The summed E-state index contributed by atoms with van der Waals surface area (Å²) in [5.41, 5.74) is 2.30. The van der Waals surface area contributed by atoms with Crippen LogP contribution in [0.25, 0.3) is 0 Å². The molecule has 0 amide bonds. The van der Waals surface area contributed by atoms with Gasteiger partial charge < -0.3 is 13.9 Å². The zero-order valence-electron chi connectivity index (χ0n) is 16.4. The fraction of sp³-hybridized carbons (Fsp3) is 0.650. The predicted octanol–water partition coefficient (Wildman–Crippen LogP) is 4.81. The molecule has 0 unspecified atom stereocenters. The maximum Gasteiger partial charge on any atom is 0.313 e. The number of hydrogen-bond donors (Lipinski definition) is 0. The van der Waals surface area contributed by atoms with E-state index in [1.807, 2.05) is 19.1 Å². The first-order valence-corrected chi connectivity index (χ1v) is 12.1. The van der Waals surface area contributed by atoms with E-state index in [2.05, 4.69) is 46.9 Å². The van der Waals surface area contributed by atoms with Crippen molar-refractivity contribution >= 4 is 14.3 Å². The number of hydrogen-bond acceptors (Lipinski definition) is 4. The standard InChI is InChI=1S/C20H30O4Si/c1-8-22-19(21)17-16-15-13(10-9-11-14(15)23-18(16)17)12(2)24-25(6,7)20(3,4)5/h9-12,16-18H,8H2,1-7H3/t12-,16-,17-,18-/m1/s1. The molecule has 25 heavy (non-hydrogen) atoms. The van der Waals surface area contributed by atoms with Crippen molar-refractivity contribution in [3.63, 3.8) is 0 Å². The van der Waals surface area contributed by atoms with Crippen LogP contribution in [0.2, 0.25) is 18.1 Å². The average molecular weight is 363 g/mol. The van der Waals surface area contributed by atoms with Crippen LogP contribution in [-0.4, -0.2) is 27.0 Å². The number of carbonyl (C=O) groups is 1. The van der Waals surface area contributed by atoms with Gasteiger partial charge in [0.2, 0.25) is 0 Å². The Morgan fingerprint density at radius 1 is 1.32 bits per heavy atom. The molecule has 0 spiro atoms. The van der Waals surface area contributed by atoms with Crippen LogP contribution in [0, 0.1) is 5.92 Å². The van der Waals surface area contributed by atoms with Gasteiger partial charge in [0.1, 0.15) is 17.8 Å². The van der Waals surface area contributed by atoms with E-state index >= 15 is 0 Å². The summed E-state index contributed by atoms with van der Waals surface area (Å²) in [6.07, 6.45) is -0.0723. The topological polar surface area (TPSA) is 44.8 Å². The molecule has 0 radical (unpaired) electrons. The lowest BCUT2D eigenvalue weighted by molar-refractivity contribution is -0.145. The molecule has 1 aliphatic heterocycles. The summed E-state index contributed by atoms with van der Waals surface area (Å²) < 4.78 is 17.8. The zero-order chi connectivity index (χ0) is 18.6. The van der Waals surface area contributed by atoms with Crippen LogP contribution in [0.3, 0.4) is 0 Å². The van der Waals surface area contributed by atoms with Gasteiger partial charge in [0.05, 0.1) is 12.7 Å². The number of esters is 1. The monoisotopic (exact) mass is 362 g/mol. The summed E-state index contributed by atoms with van der Waals surface area (Å²) in [5.74, 6) is 0.721. The first-order valence-electron chi connectivity index (χ1n) is 9.22. The minimum absolute atomic E-state index is 0.0124. The van der Waals surface area contributed by atoms with E-state index in [9.17, 15) is 4.79 Å². The van der Waals surface area contributed by atoms with Crippen molar-refractivity contribution in [3.8, 4) is 5.75 Å². The Labute approximate surface area is 152 Å². The largest absolute Gasteiger partial charge is 0.489 e. The normalized spacial score (nSPS) is 25.6. The maximum atomic E-state index is 12.1. The zero-order valence-corrected chi connectivity index (χ0v) is 17.4. The fourth-order valence-corrected chi connectivity index (χ4v) is 4.86. The second-order valence-electron chi connectivity index (χ2n) is 8.67. The third-order valence-corrected chi connectivity index (χ3v) is 10.5. The minimum Gasteiger partial charge on any atom is -0.489 e. The van der Waals surface area contributed by atoms with Gasteiger partial charge in [-0.2, -0.15) is 0 Å². The molecule has 0 N–H and O–H groups in total. The Bertz CT molecular complexity index is 677. The molecule has 0 aromatic heterocycles. The molecule has 2 aliphatic rings. The molecular weight excluding hydrogens is 332 g/mol. The van der Waals surface area contributed by atoms with Crippen molar-refractivity contribution in [2.45, 2.75) is 70.9 Å². The van der Waals surface area contributed by atoms with Crippen molar-refractivity contribution in [3.05, 3.63) is 29.3 Å². The van der Waals surface area contributed by atoms with Crippen molar-refractivity contribution in [1.82, 2.24) is 0 Å². The van der Waals surface area contributed by atoms with Crippen LogP contribution >= 0.6 is 0 Å². The average Bonchev–Trinajstić information content (AvgIpc) is 3.07. The summed E-state index contributed by atoms with van der Waals surface area (Å²) in [6.45, 7) is 15.6. The van der Waals surface area contributed by atoms with E-state index in [-0.39, 0.29) is 35.1 Å². The van der Waals surface area contributed by atoms with Crippen LogP contribution in [0.15, 0.2) is 18.2 Å². The van der Waals surface area contributed by atoms with Gasteiger partial charge in [0.25, 0.3) is 0 Å². The molecule has 4 atom stereocenters. The van der Waals surface area contributed by atoms with Crippen molar-refractivity contribution in [2.24, 2.45) is 5.92 Å². The van der Waals surface area contributed by atoms with Gasteiger partial charge in [-0.05, 0) is 43.6 Å². The Morgan fingerprint density at radius 2 is 2.00 bits per heavy atom. The predicted molar refractivity (Wildman–Crippen MR) is 100 cm³/mol. The van der Waals surface area contributed by atoms with E-state index < -0.39 is 8.32 Å². The molecule has 0 saturated heterocycles. The Hall–Kier alpha value is -1.33. The molecule has 1 fully saturated rings. The van der Waals surface area contributed by atoms with Crippen molar-refractivity contribution < 1.29 is 18.7 Å². The molecule has 1 aromatic carbocycles. The van der Waals surface area contributed by atoms with Gasteiger partial charge in [0, 0.05) is 11.5 Å². The van der Waals surface area contributed by atoms with Gasteiger partial charge in [-0.25, -0.2) is 0 Å². The minimum atomic E-state index is -1.88. The number of benzene rings is 1. The van der Waals surface area contributed by atoms with Gasteiger partial charge >= 0.3 is 5.97 Å². The highest BCUT2D eigenvalue weighted by Crippen LogP contribution is 2.60. The lowest BCUT2D eigenvalue weighted by atomic mass is 9.98. The van der Waals surface area contributed by atoms with E-state index in [0.29, 0.717) is 6.61 Å². The van der Waals surface area contributed by atoms with Crippen LogP contribution < -0.4 is 4.74 Å². The van der Waals surface area contributed by atoms with Gasteiger partial charge in [0.15, 0.2) is 8.32 Å². The third-order valence-electron chi connectivity index (χ3n) is 5.92. The number of ether oxygens (including phenoxy) is 2. The number of fused-ring (bicyclic) bond motifs is 3. The second kappa shape index (κ2) is 6.13. The van der Waals surface area contributed by atoms with Gasteiger partial charge in [-0.15, -0.1) is 0 Å². The fourth-order valence-electron chi connectivity index (χ4n) is 3.50. The van der Waals surface area contributed by atoms with Crippen LogP contribution in [0.5, 0.6) is 5.75 Å². The van der Waals surface area contributed by atoms with Gasteiger partial charge in [-0.1, -0.05) is 32.9 Å². The highest BCUT2D eigenvalue weighted by Gasteiger charge is 2.64. The van der Waals surface area contributed by atoms with E-state index in [1.165, 1.54) is 0 Å².